The van der Waals surface area contributed by atoms with Crippen molar-refractivity contribution in [3.05, 3.63) is 35.4 Å². The first-order valence-corrected chi connectivity index (χ1v) is 7.34. The van der Waals surface area contributed by atoms with E-state index in [9.17, 15) is 23.9 Å². The number of nitrogens with one attached hydrogen (secondary N) is 1. The van der Waals surface area contributed by atoms with Gasteiger partial charge in [-0.2, -0.15) is 0 Å². The Labute approximate surface area is 133 Å². The molecule has 1 atom stereocenters. The summed E-state index contributed by atoms with van der Waals surface area (Å²) in [4.78, 5) is 37.0. The number of halogens is 1. The van der Waals surface area contributed by atoms with E-state index in [4.69, 9.17) is 0 Å². The minimum atomic E-state index is -1.22. The van der Waals surface area contributed by atoms with E-state index in [2.05, 4.69) is 5.32 Å². The molecule has 0 spiro atoms. The van der Waals surface area contributed by atoms with E-state index in [1.807, 2.05) is 0 Å². The van der Waals surface area contributed by atoms with Gasteiger partial charge in [0.05, 0.1) is 12.1 Å². The molecule has 0 aliphatic carbocycles. The molecule has 1 aliphatic heterocycles. The maximum Gasteiger partial charge on any atom is 0.311 e. The number of benzene rings is 1. The number of alkyl halides is 1. The Morgan fingerprint density at radius 3 is 2.65 bits per heavy atom. The highest BCUT2D eigenvalue weighted by Crippen LogP contribution is 2.35. The smallest absolute Gasteiger partial charge is 0.311 e. The Bertz CT molecular complexity index is 634. The number of carbonyl (C=O) groups excluding carboxylic acids is 2. The Balaban J connectivity index is 2.19. The molecular formula is C16H19FN2O4. The van der Waals surface area contributed by atoms with Crippen LogP contribution in [0.1, 0.15) is 33.6 Å². The molecule has 0 aromatic heterocycles. The number of amides is 2. The first-order chi connectivity index (χ1) is 10.9. The van der Waals surface area contributed by atoms with Crippen molar-refractivity contribution in [2.24, 2.45) is 5.41 Å². The summed E-state index contributed by atoms with van der Waals surface area (Å²) in [6, 6.07) is 6.23. The molecule has 7 heteroatoms. The van der Waals surface area contributed by atoms with Crippen LogP contribution in [-0.2, 0) is 4.79 Å². The highest BCUT2D eigenvalue weighted by atomic mass is 19.1. The van der Waals surface area contributed by atoms with Crippen molar-refractivity contribution in [1.82, 2.24) is 10.2 Å². The van der Waals surface area contributed by atoms with Crippen molar-refractivity contribution in [1.29, 1.82) is 0 Å². The lowest BCUT2D eigenvalue weighted by Crippen LogP contribution is -2.37. The van der Waals surface area contributed by atoms with Gasteiger partial charge in [0, 0.05) is 31.3 Å². The lowest BCUT2D eigenvalue weighted by Gasteiger charge is -2.23. The zero-order chi connectivity index (χ0) is 17.0. The summed E-state index contributed by atoms with van der Waals surface area (Å²) in [5.41, 5.74) is -0.554. The van der Waals surface area contributed by atoms with Gasteiger partial charge in [0.1, 0.15) is 0 Å². The van der Waals surface area contributed by atoms with Gasteiger partial charge in [0.15, 0.2) is 0 Å². The summed E-state index contributed by atoms with van der Waals surface area (Å²) in [6.07, 6.45) is 0.123. The number of carbonyl (C=O) groups is 3. The lowest BCUT2D eigenvalue weighted by molar-refractivity contribution is -0.148. The molecular weight excluding hydrogens is 303 g/mol. The number of aliphatic carboxylic acids is 1. The van der Waals surface area contributed by atoms with Gasteiger partial charge in [-0.15, -0.1) is 0 Å². The highest BCUT2D eigenvalue weighted by molar-refractivity contribution is 6.00. The van der Waals surface area contributed by atoms with Crippen LogP contribution in [0.5, 0.6) is 0 Å². The Morgan fingerprint density at radius 1 is 1.35 bits per heavy atom. The molecule has 1 aromatic rings. The minimum Gasteiger partial charge on any atom is -0.481 e. The summed E-state index contributed by atoms with van der Waals surface area (Å²) in [5, 5.41) is 11.8. The molecule has 1 aliphatic rings. The summed E-state index contributed by atoms with van der Waals surface area (Å²) < 4.78 is 12.7. The molecule has 124 valence electrons. The Morgan fingerprint density at radius 2 is 2.04 bits per heavy atom. The molecule has 6 nitrogen and oxygen atoms in total. The van der Waals surface area contributed by atoms with Crippen molar-refractivity contribution in [3.8, 4) is 0 Å². The molecule has 0 saturated carbocycles. The van der Waals surface area contributed by atoms with Crippen molar-refractivity contribution in [2.75, 3.05) is 26.8 Å². The van der Waals surface area contributed by atoms with E-state index in [0.29, 0.717) is 11.1 Å². The third-order valence-electron chi connectivity index (χ3n) is 4.27. The quantitative estimate of drug-likeness (QED) is 0.856. The van der Waals surface area contributed by atoms with Gasteiger partial charge in [-0.05, 0) is 31.0 Å². The maximum absolute atomic E-state index is 12.7. The molecule has 0 radical (unpaired) electrons. The predicted octanol–water partition coefficient (Wildman–Crippen LogP) is 1.32. The number of nitrogens with zero attached hydrogens (tertiary/aromatic N) is 1. The van der Waals surface area contributed by atoms with E-state index in [0.717, 1.165) is 0 Å². The highest BCUT2D eigenvalue weighted by Gasteiger charge is 2.46. The molecule has 1 fully saturated rings. The zero-order valence-electron chi connectivity index (χ0n) is 12.8. The second kappa shape index (κ2) is 6.76. The molecule has 1 aromatic carbocycles. The summed E-state index contributed by atoms with van der Waals surface area (Å²) in [5.74, 6) is -1.74. The molecule has 1 heterocycles. The number of carboxylic acid groups (broad SMARTS) is 1. The van der Waals surface area contributed by atoms with Crippen LogP contribution >= 0.6 is 0 Å². The molecule has 2 N–H and O–H groups in total. The van der Waals surface area contributed by atoms with Gasteiger partial charge in [-0.25, -0.2) is 0 Å². The topological polar surface area (TPSA) is 86.7 Å². The second-order valence-corrected chi connectivity index (χ2v) is 5.66. The van der Waals surface area contributed by atoms with Crippen LogP contribution in [0.15, 0.2) is 24.3 Å². The summed E-state index contributed by atoms with van der Waals surface area (Å²) in [6.45, 7) is -0.495. The number of rotatable bonds is 5. The molecule has 2 amide bonds. The summed E-state index contributed by atoms with van der Waals surface area (Å²) >= 11 is 0. The first-order valence-electron chi connectivity index (χ1n) is 7.34. The van der Waals surface area contributed by atoms with Crippen LogP contribution in [0.4, 0.5) is 4.39 Å². The fourth-order valence-electron chi connectivity index (χ4n) is 2.83. The average molecular weight is 322 g/mol. The monoisotopic (exact) mass is 322 g/mol. The SMILES string of the molecule is CNC(=O)c1cccc(C(=O)N2CCC(CCF)(C(=O)O)C2)c1. The predicted molar refractivity (Wildman–Crippen MR) is 81.0 cm³/mol. The van der Waals surface area contributed by atoms with E-state index in [1.54, 1.807) is 18.2 Å². The Hall–Kier alpha value is -2.44. The first kappa shape index (κ1) is 16.9. The van der Waals surface area contributed by atoms with Crippen molar-refractivity contribution in [3.63, 3.8) is 0 Å². The van der Waals surface area contributed by atoms with E-state index in [1.165, 1.54) is 18.0 Å². The van der Waals surface area contributed by atoms with E-state index in [-0.39, 0.29) is 37.7 Å². The van der Waals surface area contributed by atoms with Crippen LogP contribution < -0.4 is 5.32 Å². The third kappa shape index (κ3) is 3.33. The largest absolute Gasteiger partial charge is 0.481 e. The van der Waals surface area contributed by atoms with Crippen LogP contribution in [0.3, 0.4) is 0 Å². The van der Waals surface area contributed by atoms with E-state index < -0.39 is 18.1 Å². The molecule has 1 saturated heterocycles. The van der Waals surface area contributed by atoms with Crippen LogP contribution in [-0.4, -0.2) is 54.6 Å². The molecule has 1 unspecified atom stereocenters. The number of likely N-dealkylation sites (tertiary alicyclic amines) is 1. The normalized spacial score (nSPS) is 20.3. The van der Waals surface area contributed by atoms with E-state index >= 15 is 0 Å². The minimum absolute atomic E-state index is 0.0186. The van der Waals surface area contributed by atoms with Crippen molar-refractivity contribution in [2.45, 2.75) is 12.8 Å². The lowest BCUT2D eigenvalue weighted by atomic mass is 9.84. The zero-order valence-corrected chi connectivity index (χ0v) is 12.8. The van der Waals surface area contributed by atoms with Gasteiger partial charge in [-0.3, -0.25) is 18.8 Å². The third-order valence-corrected chi connectivity index (χ3v) is 4.27. The van der Waals surface area contributed by atoms with Gasteiger partial charge in [0.25, 0.3) is 11.8 Å². The van der Waals surface area contributed by atoms with Gasteiger partial charge in [0.2, 0.25) is 0 Å². The van der Waals surface area contributed by atoms with Gasteiger partial charge < -0.3 is 15.3 Å². The molecule has 23 heavy (non-hydrogen) atoms. The fraction of sp³-hybridized carbons (Fsp3) is 0.438. The number of hydrogen-bond acceptors (Lipinski definition) is 3. The summed E-state index contributed by atoms with van der Waals surface area (Å²) in [7, 11) is 1.50. The molecule has 0 bridgehead atoms. The Kier molecular flexibility index (Phi) is 4.98. The second-order valence-electron chi connectivity index (χ2n) is 5.66. The van der Waals surface area contributed by atoms with Crippen molar-refractivity contribution < 1.29 is 23.9 Å². The fourth-order valence-corrected chi connectivity index (χ4v) is 2.83. The number of carboxylic acids is 1. The average Bonchev–Trinajstić information content (AvgIpc) is 2.99. The maximum atomic E-state index is 12.7. The van der Waals surface area contributed by atoms with Crippen LogP contribution in [0.2, 0.25) is 0 Å². The van der Waals surface area contributed by atoms with Gasteiger partial charge >= 0.3 is 5.97 Å². The van der Waals surface area contributed by atoms with Crippen LogP contribution in [0, 0.1) is 5.41 Å². The van der Waals surface area contributed by atoms with Crippen molar-refractivity contribution >= 4 is 17.8 Å². The number of hydrogen-bond donors (Lipinski definition) is 2. The van der Waals surface area contributed by atoms with Crippen LogP contribution in [0.25, 0.3) is 0 Å². The standard InChI is InChI=1S/C16H19FN2O4/c1-18-13(20)11-3-2-4-12(9-11)14(21)19-8-6-16(10-19,5-7-17)15(22)23/h2-4,9H,5-8,10H2,1H3,(H,18,20)(H,22,23). The van der Waals surface area contributed by atoms with Gasteiger partial charge in [-0.1, -0.05) is 6.07 Å². The molecule has 2 rings (SSSR count).